The van der Waals surface area contributed by atoms with Gasteiger partial charge in [0.25, 0.3) is 5.91 Å². The van der Waals surface area contributed by atoms with Gasteiger partial charge in [0.2, 0.25) is 0 Å². The van der Waals surface area contributed by atoms with Crippen LogP contribution >= 0.6 is 0 Å². The van der Waals surface area contributed by atoms with Gasteiger partial charge >= 0.3 is 0 Å². The Morgan fingerprint density at radius 3 is 2.05 bits per heavy atom. The summed E-state index contributed by atoms with van der Waals surface area (Å²) in [5.74, 6) is 0.0788. The van der Waals surface area contributed by atoms with Gasteiger partial charge in [0, 0.05) is 17.8 Å². The number of benzene rings is 2. The Labute approximate surface area is 126 Å². The summed E-state index contributed by atoms with van der Waals surface area (Å²) in [6.07, 6.45) is 2.70. The van der Waals surface area contributed by atoms with Gasteiger partial charge in [0.1, 0.15) is 0 Å². The second kappa shape index (κ2) is 7.44. The van der Waals surface area contributed by atoms with Gasteiger partial charge in [0.05, 0.1) is 0 Å². The standard InChI is InChI=1S/C19H21NO/c1-3-17(15-16-11-7-5-8-12-16)19(21)20(4-2)18-13-9-6-10-14-18/h5-15H,3-4H2,1-2H3/b17-15+. The van der Waals surface area contributed by atoms with Crippen molar-refractivity contribution in [2.24, 2.45) is 0 Å². The molecule has 0 spiro atoms. The summed E-state index contributed by atoms with van der Waals surface area (Å²) in [6.45, 7) is 4.68. The lowest BCUT2D eigenvalue weighted by atomic mass is 10.1. The van der Waals surface area contributed by atoms with Crippen LogP contribution in [-0.2, 0) is 4.79 Å². The van der Waals surface area contributed by atoms with E-state index in [9.17, 15) is 4.79 Å². The molecule has 2 heteroatoms. The number of para-hydroxylation sites is 1. The first kappa shape index (κ1) is 15.0. The van der Waals surface area contributed by atoms with Crippen molar-refractivity contribution in [2.45, 2.75) is 20.3 Å². The molecule has 0 aliphatic carbocycles. The lowest BCUT2D eigenvalue weighted by Gasteiger charge is -2.22. The van der Waals surface area contributed by atoms with Gasteiger partial charge in [-0.05, 0) is 37.1 Å². The number of amides is 1. The zero-order chi connectivity index (χ0) is 15.1. The third-order valence-electron chi connectivity index (χ3n) is 3.43. The molecule has 0 aromatic heterocycles. The normalized spacial score (nSPS) is 11.2. The van der Waals surface area contributed by atoms with E-state index in [1.54, 1.807) is 0 Å². The highest BCUT2D eigenvalue weighted by Crippen LogP contribution is 2.19. The van der Waals surface area contributed by atoms with Crippen LogP contribution in [-0.4, -0.2) is 12.5 Å². The van der Waals surface area contributed by atoms with Crippen LogP contribution in [0.5, 0.6) is 0 Å². The molecule has 0 heterocycles. The van der Waals surface area contributed by atoms with Crippen LogP contribution in [0.15, 0.2) is 66.2 Å². The van der Waals surface area contributed by atoms with Crippen LogP contribution in [0.3, 0.4) is 0 Å². The van der Waals surface area contributed by atoms with Crippen molar-refractivity contribution in [1.29, 1.82) is 0 Å². The number of carbonyl (C=O) groups is 1. The van der Waals surface area contributed by atoms with Crippen LogP contribution in [0.4, 0.5) is 5.69 Å². The van der Waals surface area contributed by atoms with Gasteiger partial charge in [-0.3, -0.25) is 4.79 Å². The molecule has 0 unspecified atom stereocenters. The lowest BCUT2D eigenvalue weighted by Crippen LogP contribution is -2.31. The minimum absolute atomic E-state index is 0.0788. The maximum Gasteiger partial charge on any atom is 0.254 e. The molecule has 0 fully saturated rings. The quantitative estimate of drug-likeness (QED) is 0.736. The van der Waals surface area contributed by atoms with Gasteiger partial charge in [-0.25, -0.2) is 0 Å². The van der Waals surface area contributed by atoms with Crippen molar-refractivity contribution < 1.29 is 4.79 Å². The van der Waals surface area contributed by atoms with Crippen LogP contribution in [0, 0.1) is 0 Å². The second-order valence-corrected chi connectivity index (χ2v) is 4.82. The monoisotopic (exact) mass is 279 g/mol. The highest BCUT2D eigenvalue weighted by atomic mass is 16.2. The third-order valence-corrected chi connectivity index (χ3v) is 3.43. The van der Waals surface area contributed by atoms with Crippen molar-refractivity contribution in [1.82, 2.24) is 0 Å². The summed E-state index contributed by atoms with van der Waals surface area (Å²) in [7, 11) is 0. The summed E-state index contributed by atoms with van der Waals surface area (Å²) < 4.78 is 0. The number of carbonyl (C=O) groups excluding carboxylic acids is 1. The van der Waals surface area contributed by atoms with E-state index in [1.165, 1.54) is 0 Å². The van der Waals surface area contributed by atoms with Crippen LogP contribution in [0.1, 0.15) is 25.8 Å². The number of anilines is 1. The smallest absolute Gasteiger partial charge is 0.254 e. The largest absolute Gasteiger partial charge is 0.309 e. The van der Waals surface area contributed by atoms with Crippen molar-refractivity contribution in [3.8, 4) is 0 Å². The molecule has 2 rings (SSSR count). The molecular formula is C19H21NO. The average Bonchev–Trinajstić information content (AvgIpc) is 2.55. The Kier molecular flexibility index (Phi) is 5.33. The van der Waals surface area contributed by atoms with Gasteiger partial charge in [-0.1, -0.05) is 55.5 Å². The Hall–Kier alpha value is -2.35. The molecule has 2 aromatic carbocycles. The molecule has 0 aliphatic heterocycles. The Bertz CT molecular complexity index is 602. The molecule has 1 amide bonds. The van der Waals surface area contributed by atoms with Crippen molar-refractivity contribution in [3.63, 3.8) is 0 Å². The summed E-state index contributed by atoms with van der Waals surface area (Å²) in [5.41, 5.74) is 2.83. The van der Waals surface area contributed by atoms with E-state index in [0.717, 1.165) is 23.2 Å². The molecular weight excluding hydrogens is 258 g/mol. The zero-order valence-electron chi connectivity index (χ0n) is 12.6. The third kappa shape index (κ3) is 3.82. The minimum Gasteiger partial charge on any atom is -0.309 e. The van der Waals surface area contributed by atoms with E-state index < -0.39 is 0 Å². The van der Waals surface area contributed by atoms with E-state index in [0.29, 0.717) is 6.54 Å². The van der Waals surface area contributed by atoms with E-state index in [-0.39, 0.29) is 5.91 Å². The fourth-order valence-electron chi connectivity index (χ4n) is 2.29. The van der Waals surface area contributed by atoms with Gasteiger partial charge in [-0.15, -0.1) is 0 Å². The predicted molar refractivity (Wildman–Crippen MR) is 89.2 cm³/mol. The molecule has 2 aromatic rings. The van der Waals surface area contributed by atoms with Crippen LogP contribution < -0.4 is 4.90 Å². The average molecular weight is 279 g/mol. The van der Waals surface area contributed by atoms with E-state index in [4.69, 9.17) is 0 Å². The minimum atomic E-state index is 0.0788. The number of nitrogens with zero attached hydrogens (tertiary/aromatic N) is 1. The number of likely N-dealkylation sites (N-methyl/N-ethyl adjacent to an activating group) is 1. The fraction of sp³-hybridized carbons (Fsp3) is 0.211. The molecule has 0 radical (unpaired) electrons. The molecule has 0 aliphatic rings. The SMILES string of the molecule is CC/C(=C\c1ccccc1)C(=O)N(CC)c1ccccc1. The number of hydrogen-bond donors (Lipinski definition) is 0. The molecule has 0 bridgehead atoms. The summed E-state index contributed by atoms with van der Waals surface area (Å²) >= 11 is 0. The predicted octanol–water partition coefficient (Wildman–Crippen LogP) is 4.53. The summed E-state index contributed by atoms with van der Waals surface area (Å²) in [5, 5.41) is 0. The molecule has 108 valence electrons. The maximum atomic E-state index is 12.8. The molecule has 0 saturated carbocycles. The first-order chi connectivity index (χ1) is 10.3. The van der Waals surface area contributed by atoms with Gasteiger partial charge in [0.15, 0.2) is 0 Å². The molecule has 0 atom stereocenters. The molecule has 2 nitrogen and oxygen atoms in total. The highest BCUT2D eigenvalue weighted by Gasteiger charge is 2.17. The highest BCUT2D eigenvalue weighted by molar-refractivity contribution is 6.08. The first-order valence-corrected chi connectivity index (χ1v) is 7.38. The Morgan fingerprint density at radius 1 is 0.952 bits per heavy atom. The number of rotatable bonds is 5. The lowest BCUT2D eigenvalue weighted by molar-refractivity contribution is -0.115. The molecule has 21 heavy (non-hydrogen) atoms. The molecule has 0 N–H and O–H groups in total. The fourth-order valence-corrected chi connectivity index (χ4v) is 2.29. The Balaban J connectivity index is 2.29. The van der Waals surface area contributed by atoms with Crippen molar-refractivity contribution >= 4 is 17.7 Å². The summed E-state index contributed by atoms with van der Waals surface area (Å²) in [6, 6.07) is 19.8. The van der Waals surface area contributed by atoms with Crippen LogP contribution in [0.2, 0.25) is 0 Å². The maximum absolute atomic E-state index is 12.8. The topological polar surface area (TPSA) is 20.3 Å². The van der Waals surface area contributed by atoms with E-state index in [1.807, 2.05) is 85.5 Å². The van der Waals surface area contributed by atoms with Crippen molar-refractivity contribution in [2.75, 3.05) is 11.4 Å². The first-order valence-electron chi connectivity index (χ1n) is 7.38. The van der Waals surface area contributed by atoms with E-state index in [2.05, 4.69) is 0 Å². The Morgan fingerprint density at radius 2 is 1.52 bits per heavy atom. The van der Waals surface area contributed by atoms with Crippen LogP contribution in [0.25, 0.3) is 6.08 Å². The summed E-state index contributed by atoms with van der Waals surface area (Å²) in [4.78, 5) is 14.6. The molecule has 0 saturated heterocycles. The van der Waals surface area contributed by atoms with E-state index >= 15 is 0 Å². The van der Waals surface area contributed by atoms with Crippen molar-refractivity contribution in [3.05, 3.63) is 71.8 Å². The van der Waals surface area contributed by atoms with Gasteiger partial charge < -0.3 is 4.90 Å². The second-order valence-electron chi connectivity index (χ2n) is 4.82. The zero-order valence-corrected chi connectivity index (χ0v) is 12.6. The van der Waals surface area contributed by atoms with Gasteiger partial charge in [-0.2, -0.15) is 0 Å². The number of hydrogen-bond acceptors (Lipinski definition) is 1.